The quantitative estimate of drug-likeness (QED) is 0.546. The lowest BCUT2D eigenvalue weighted by atomic mass is 10.1. The molecule has 0 bridgehead atoms. The van der Waals surface area contributed by atoms with E-state index >= 15 is 0 Å². The van der Waals surface area contributed by atoms with Crippen LogP contribution in [-0.2, 0) is 16.1 Å². The number of piperazine rings is 1. The third-order valence-electron chi connectivity index (χ3n) is 5.93. The molecule has 7 nitrogen and oxygen atoms in total. The summed E-state index contributed by atoms with van der Waals surface area (Å²) in [7, 11) is 2.08. The van der Waals surface area contributed by atoms with Crippen molar-refractivity contribution in [2.24, 2.45) is 0 Å². The molecule has 2 aliphatic heterocycles. The zero-order valence-electron chi connectivity index (χ0n) is 18.7. The van der Waals surface area contributed by atoms with Gasteiger partial charge in [0.05, 0.1) is 0 Å². The van der Waals surface area contributed by atoms with Crippen LogP contribution in [0.3, 0.4) is 0 Å². The SMILES string of the molecule is C=CCCC(=O)N1CCN(CCOc2cccc(CN(C)C[C@@H]3CCC(=O)N3)c2)CC1. The Labute approximate surface area is 186 Å². The number of likely N-dealkylation sites (N-methyl/N-ethyl adjacent to an activating group) is 1. The van der Waals surface area contributed by atoms with E-state index in [0.29, 0.717) is 19.4 Å². The molecule has 0 aromatic heterocycles. The highest BCUT2D eigenvalue weighted by Gasteiger charge is 2.22. The van der Waals surface area contributed by atoms with Crippen molar-refractivity contribution < 1.29 is 14.3 Å². The Balaban J connectivity index is 1.35. The molecule has 3 rings (SSSR count). The van der Waals surface area contributed by atoms with E-state index in [-0.39, 0.29) is 17.9 Å². The monoisotopic (exact) mass is 428 g/mol. The van der Waals surface area contributed by atoms with E-state index in [1.165, 1.54) is 5.56 Å². The van der Waals surface area contributed by atoms with Crippen LogP contribution in [0.4, 0.5) is 0 Å². The second kappa shape index (κ2) is 11.9. The van der Waals surface area contributed by atoms with E-state index in [2.05, 4.69) is 40.9 Å². The van der Waals surface area contributed by atoms with Crippen LogP contribution >= 0.6 is 0 Å². The fourth-order valence-electron chi connectivity index (χ4n) is 4.20. The van der Waals surface area contributed by atoms with Gasteiger partial charge in [0.2, 0.25) is 11.8 Å². The van der Waals surface area contributed by atoms with Crippen molar-refractivity contribution >= 4 is 11.8 Å². The largest absolute Gasteiger partial charge is 0.492 e. The predicted molar refractivity (Wildman–Crippen MR) is 122 cm³/mol. The highest BCUT2D eigenvalue weighted by atomic mass is 16.5. The molecule has 1 aromatic carbocycles. The summed E-state index contributed by atoms with van der Waals surface area (Å²) in [6.07, 6.45) is 4.67. The molecule has 1 N–H and O–H groups in total. The summed E-state index contributed by atoms with van der Waals surface area (Å²) in [5.74, 6) is 1.28. The van der Waals surface area contributed by atoms with Gasteiger partial charge in [0.1, 0.15) is 12.4 Å². The van der Waals surface area contributed by atoms with Crippen LogP contribution in [-0.4, -0.2) is 85.5 Å². The summed E-state index contributed by atoms with van der Waals surface area (Å²) in [5, 5.41) is 3.02. The molecule has 0 saturated carbocycles. The van der Waals surface area contributed by atoms with Gasteiger partial charge in [0, 0.05) is 64.7 Å². The number of benzene rings is 1. The van der Waals surface area contributed by atoms with Crippen LogP contribution in [0, 0.1) is 0 Å². The Kier molecular flexibility index (Phi) is 8.91. The molecule has 7 heteroatoms. The predicted octanol–water partition coefficient (Wildman–Crippen LogP) is 1.89. The molecular formula is C24H36N4O3. The number of ether oxygens (including phenoxy) is 1. The summed E-state index contributed by atoms with van der Waals surface area (Å²) in [4.78, 5) is 30.0. The molecule has 2 aliphatic rings. The van der Waals surface area contributed by atoms with E-state index in [0.717, 1.165) is 64.4 Å². The van der Waals surface area contributed by atoms with Gasteiger partial charge >= 0.3 is 0 Å². The lowest BCUT2D eigenvalue weighted by molar-refractivity contribution is -0.132. The Morgan fingerprint density at radius 3 is 2.84 bits per heavy atom. The third kappa shape index (κ3) is 7.67. The minimum Gasteiger partial charge on any atom is -0.492 e. The van der Waals surface area contributed by atoms with Crippen LogP contribution in [0.5, 0.6) is 5.75 Å². The van der Waals surface area contributed by atoms with Crippen molar-refractivity contribution in [1.29, 1.82) is 0 Å². The smallest absolute Gasteiger partial charge is 0.222 e. The number of hydrogen-bond donors (Lipinski definition) is 1. The van der Waals surface area contributed by atoms with Crippen LogP contribution in [0.25, 0.3) is 0 Å². The Hall–Kier alpha value is -2.38. The van der Waals surface area contributed by atoms with Gasteiger partial charge in [-0.15, -0.1) is 6.58 Å². The van der Waals surface area contributed by atoms with Gasteiger partial charge in [-0.3, -0.25) is 14.5 Å². The maximum atomic E-state index is 12.1. The first-order valence-corrected chi connectivity index (χ1v) is 11.3. The number of nitrogens with one attached hydrogen (secondary N) is 1. The second-order valence-electron chi connectivity index (χ2n) is 8.55. The summed E-state index contributed by atoms with van der Waals surface area (Å²) in [5.41, 5.74) is 1.20. The first-order valence-electron chi connectivity index (χ1n) is 11.3. The van der Waals surface area contributed by atoms with E-state index in [1.807, 2.05) is 17.0 Å². The van der Waals surface area contributed by atoms with Crippen LogP contribution in [0.1, 0.15) is 31.2 Å². The number of carbonyl (C=O) groups excluding carboxylic acids is 2. The fourth-order valence-corrected chi connectivity index (χ4v) is 4.20. The van der Waals surface area contributed by atoms with E-state index < -0.39 is 0 Å². The molecule has 2 fully saturated rings. The van der Waals surface area contributed by atoms with Gasteiger partial charge in [-0.2, -0.15) is 0 Å². The number of amides is 2. The summed E-state index contributed by atoms with van der Waals surface area (Å²) in [6.45, 7) is 10.2. The highest BCUT2D eigenvalue weighted by molar-refractivity contribution is 5.78. The lowest BCUT2D eigenvalue weighted by Crippen LogP contribution is -2.49. The van der Waals surface area contributed by atoms with Crippen molar-refractivity contribution in [3.8, 4) is 5.75 Å². The first-order chi connectivity index (χ1) is 15.0. The zero-order valence-corrected chi connectivity index (χ0v) is 18.7. The lowest BCUT2D eigenvalue weighted by Gasteiger charge is -2.34. The van der Waals surface area contributed by atoms with Gasteiger partial charge < -0.3 is 19.9 Å². The highest BCUT2D eigenvalue weighted by Crippen LogP contribution is 2.16. The zero-order chi connectivity index (χ0) is 22.1. The maximum absolute atomic E-state index is 12.1. The molecule has 31 heavy (non-hydrogen) atoms. The molecule has 2 amide bonds. The first kappa shape index (κ1) is 23.3. The standard InChI is InChI=1S/C24H36N4O3/c1-3-4-8-24(30)28-13-11-27(12-14-28)15-16-31-22-7-5-6-20(17-22)18-26(2)19-21-9-10-23(29)25-21/h3,5-7,17,21H,1,4,8-16,18-19H2,2H3,(H,25,29)/t21-/m0/s1. The minimum absolute atomic E-state index is 0.162. The third-order valence-corrected chi connectivity index (χ3v) is 5.93. The van der Waals surface area contributed by atoms with Gasteiger partial charge in [0.15, 0.2) is 0 Å². The van der Waals surface area contributed by atoms with Crippen LogP contribution in [0.15, 0.2) is 36.9 Å². The summed E-state index contributed by atoms with van der Waals surface area (Å²) in [6, 6.07) is 8.49. The van der Waals surface area contributed by atoms with Crippen molar-refractivity contribution in [3.05, 3.63) is 42.5 Å². The van der Waals surface area contributed by atoms with Gasteiger partial charge in [0.25, 0.3) is 0 Å². The van der Waals surface area contributed by atoms with Gasteiger partial charge in [-0.25, -0.2) is 0 Å². The average molecular weight is 429 g/mol. The molecule has 2 saturated heterocycles. The molecule has 2 heterocycles. The van der Waals surface area contributed by atoms with E-state index in [9.17, 15) is 9.59 Å². The van der Waals surface area contributed by atoms with Crippen molar-refractivity contribution in [2.75, 3.05) is 52.9 Å². The number of allylic oxidation sites excluding steroid dienone is 1. The van der Waals surface area contributed by atoms with Gasteiger partial charge in [-0.1, -0.05) is 18.2 Å². The number of hydrogen-bond acceptors (Lipinski definition) is 5. The topological polar surface area (TPSA) is 65.1 Å². The van der Waals surface area contributed by atoms with Crippen LogP contribution < -0.4 is 10.1 Å². The maximum Gasteiger partial charge on any atom is 0.222 e. The van der Waals surface area contributed by atoms with Crippen molar-refractivity contribution in [1.82, 2.24) is 20.0 Å². The number of carbonyl (C=O) groups is 2. The Bertz CT molecular complexity index is 746. The van der Waals surface area contributed by atoms with Crippen molar-refractivity contribution in [2.45, 2.75) is 38.3 Å². The molecule has 1 atom stereocenters. The molecule has 1 aromatic rings. The van der Waals surface area contributed by atoms with E-state index in [1.54, 1.807) is 6.08 Å². The summed E-state index contributed by atoms with van der Waals surface area (Å²) < 4.78 is 6.00. The summed E-state index contributed by atoms with van der Waals surface area (Å²) >= 11 is 0. The molecule has 0 radical (unpaired) electrons. The fraction of sp³-hybridized carbons (Fsp3) is 0.583. The minimum atomic E-state index is 0.162. The average Bonchev–Trinajstić information content (AvgIpc) is 3.17. The number of nitrogens with zero attached hydrogens (tertiary/aromatic N) is 3. The Morgan fingerprint density at radius 1 is 1.32 bits per heavy atom. The molecule has 0 unspecified atom stereocenters. The Morgan fingerprint density at radius 2 is 2.13 bits per heavy atom. The second-order valence-corrected chi connectivity index (χ2v) is 8.55. The molecule has 0 aliphatic carbocycles. The van der Waals surface area contributed by atoms with Crippen molar-refractivity contribution in [3.63, 3.8) is 0 Å². The number of rotatable bonds is 11. The van der Waals surface area contributed by atoms with Gasteiger partial charge in [-0.05, 0) is 37.6 Å². The molecule has 0 spiro atoms. The molecule has 170 valence electrons. The normalized spacial score (nSPS) is 19.5. The van der Waals surface area contributed by atoms with Crippen LogP contribution in [0.2, 0.25) is 0 Å². The molecular weight excluding hydrogens is 392 g/mol. The van der Waals surface area contributed by atoms with E-state index in [4.69, 9.17) is 4.74 Å².